The predicted molar refractivity (Wildman–Crippen MR) is 73.4 cm³/mol. The quantitative estimate of drug-likeness (QED) is 0.884. The molecule has 1 aromatic carbocycles. The summed E-state index contributed by atoms with van der Waals surface area (Å²) in [6, 6.07) is 5.54. The first-order chi connectivity index (χ1) is 8.56. The van der Waals surface area contributed by atoms with Crippen LogP contribution in [0.5, 0.6) is 0 Å². The van der Waals surface area contributed by atoms with E-state index in [0.29, 0.717) is 5.56 Å². The van der Waals surface area contributed by atoms with Gasteiger partial charge in [-0.1, -0.05) is 24.3 Å². The number of nitrogens with one attached hydrogen (secondary N) is 1. The van der Waals surface area contributed by atoms with E-state index < -0.39 is 26.8 Å². The van der Waals surface area contributed by atoms with Gasteiger partial charge in [-0.15, -0.1) is 0 Å². The average Bonchev–Trinajstić information content (AvgIpc) is 2.25. The largest absolute Gasteiger partial charge is 0.480 e. The Hall–Kier alpha value is -1.40. The van der Waals surface area contributed by atoms with E-state index in [0.717, 1.165) is 5.56 Å². The van der Waals surface area contributed by atoms with Crippen LogP contribution in [0.25, 0.3) is 0 Å². The zero-order valence-electron chi connectivity index (χ0n) is 11.5. The summed E-state index contributed by atoms with van der Waals surface area (Å²) in [6.07, 6.45) is 0. The Bertz CT molecular complexity index is 573. The Morgan fingerprint density at radius 3 is 2.21 bits per heavy atom. The number of benzene rings is 1. The third-order valence-corrected chi connectivity index (χ3v) is 4.98. The first kappa shape index (κ1) is 15.7. The van der Waals surface area contributed by atoms with Crippen molar-refractivity contribution in [3.63, 3.8) is 0 Å². The van der Waals surface area contributed by atoms with E-state index in [9.17, 15) is 18.3 Å². The molecule has 0 saturated carbocycles. The Morgan fingerprint density at radius 2 is 1.79 bits per heavy atom. The molecular weight excluding hydrogens is 266 g/mol. The molecule has 0 aliphatic carbocycles. The fourth-order valence-corrected chi connectivity index (χ4v) is 2.38. The summed E-state index contributed by atoms with van der Waals surface area (Å²) in [7, 11) is -3.74. The normalized spacial score (nSPS) is 14.1. The van der Waals surface area contributed by atoms with Gasteiger partial charge in [0.2, 0.25) is 10.0 Å². The van der Waals surface area contributed by atoms with Crippen LogP contribution in [0.4, 0.5) is 0 Å². The molecule has 0 fully saturated rings. The molecule has 0 bridgehead atoms. The van der Waals surface area contributed by atoms with Gasteiger partial charge in [0.1, 0.15) is 6.04 Å². The highest BCUT2D eigenvalue weighted by atomic mass is 32.2. The third kappa shape index (κ3) is 3.54. The average molecular weight is 285 g/mol. The summed E-state index contributed by atoms with van der Waals surface area (Å²) >= 11 is 0. The Kier molecular flexibility index (Phi) is 4.37. The number of carboxylic acids is 1. The molecule has 2 N–H and O–H groups in total. The van der Waals surface area contributed by atoms with Crippen LogP contribution in [0.2, 0.25) is 0 Å². The lowest BCUT2D eigenvalue weighted by atomic mass is 10.0. The molecule has 19 heavy (non-hydrogen) atoms. The van der Waals surface area contributed by atoms with Crippen LogP contribution in [-0.4, -0.2) is 24.2 Å². The molecule has 0 aliphatic rings. The van der Waals surface area contributed by atoms with Crippen LogP contribution < -0.4 is 4.72 Å². The fourth-order valence-electron chi connectivity index (χ4n) is 1.49. The van der Waals surface area contributed by atoms with Gasteiger partial charge in [0.15, 0.2) is 0 Å². The van der Waals surface area contributed by atoms with Gasteiger partial charge < -0.3 is 5.11 Å². The van der Waals surface area contributed by atoms with Gasteiger partial charge in [-0.2, -0.15) is 4.72 Å². The van der Waals surface area contributed by atoms with E-state index in [2.05, 4.69) is 4.72 Å². The Balaban J connectivity index is 3.20. The van der Waals surface area contributed by atoms with Gasteiger partial charge in [0.25, 0.3) is 0 Å². The highest BCUT2D eigenvalue weighted by Gasteiger charge is 2.34. The van der Waals surface area contributed by atoms with E-state index in [-0.39, 0.29) is 0 Å². The number of aliphatic carboxylic acids is 1. The van der Waals surface area contributed by atoms with Crippen molar-refractivity contribution >= 4 is 16.0 Å². The number of carboxylic acid groups (broad SMARTS) is 1. The number of aryl methyl sites for hydroxylation is 1. The van der Waals surface area contributed by atoms with Crippen LogP contribution >= 0.6 is 0 Å². The van der Waals surface area contributed by atoms with Crippen molar-refractivity contribution in [3.05, 3.63) is 35.4 Å². The molecule has 6 heteroatoms. The van der Waals surface area contributed by atoms with Crippen molar-refractivity contribution < 1.29 is 18.3 Å². The Morgan fingerprint density at radius 1 is 1.26 bits per heavy atom. The molecule has 0 unspecified atom stereocenters. The molecule has 0 radical (unpaired) electrons. The van der Waals surface area contributed by atoms with Crippen LogP contribution in [0.15, 0.2) is 24.3 Å². The molecule has 1 atom stereocenters. The Labute approximate surface area is 113 Å². The molecule has 0 saturated heterocycles. The highest BCUT2D eigenvalue weighted by Crippen LogP contribution is 2.22. The first-order valence-electron chi connectivity index (χ1n) is 5.86. The summed E-state index contributed by atoms with van der Waals surface area (Å²) in [4.78, 5) is 11.3. The van der Waals surface area contributed by atoms with Crippen LogP contribution in [0, 0.1) is 6.92 Å². The van der Waals surface area contributed by atoms with Crippen molar-refractivity contribution in [1.82, 2.24) is 4.72 Å². The third-order valence-electron chi connectivity index (χ3n) is 2.83. The molecule has 0 spiro atoms. The summed E-state index contributed by atoms with van der Waals surface area (Å²) < 4.78 is 25.4. The first-order valence-corrected chi connectivity index (χ1v) is 7.35. The number of rotatable bonds is 4. The number of hydrogen-bond donors (Lipinski definition) is 2. The van der Waals surface area contributed by atoms with E-state index in [1.165, 1.54) is 20.8 Å². The minimum Gasteiger partial charge on any atom is -0.480 e. The SMILES string of the molecule is Cc1ccccc1[C@@H](NS(=O)(=O)C(C)(C)C)C(=O)O. The van der Waals surface area contributed by atoms with Crippen molar-refractivity contribution in [2.75, 3.05) is 0 Å². The van der Waals surface area contributed by atoms with Crippen LogP contribution in [0.3, 0.4) is 0 Å². The molecule has 106 valence electrons. The molecule has 1 rings (SSSR count). The van der Waals surface area contributed by atoms with Crippen molar-refractivity contribution in [1.29, 1.82) is 0 Å². The van der Waals surface area contributed by atoms with Gasteiger partial charge in [-0.3, -0.25) is 4.79 Å². The van der Waals surface area contributed by atoms with E-state index in [1.54, 1.807) is 31.2 Å². The molecule has 1 aromatic rings. The molecule has 0 amide bonds. The summed E-state index contributed by atoms with van der Waals surface area (Å²) in [5.41, 5.74) is 1.18. The monoisotopic (exact) mass is 285 g/mol. The summed E-state index contributed by atoms with van der Waals surface area (Å²) in [5, 5.41) is 9.25. The standard InChI is InChI=1S/C13H19NO4S/c1-9-7-5-6-8-10(9)11(12(15)16)14-19(17,18)13(2,3)4/h5-8,11,14H,1-4H3,(H,15,16)/t11-/m1/s1. The fraction of sp³-hybridized carbons (Fsp3) is 0.462. The van der Waals surface area contributed by atoms with E-state index in [4.69, 9.17) is 0 Å². The maximum absolute atomic E-state index is 12.1. The van der Waals surface area contributed by atoms with E-state index >= 15 is 0 Å². The number of carbonyl (C=O) groups is 1. The van der Waals surface area contributed by atoms with Crippen molar-refractivity contribution in [3.8, 4) is 0 Å². The molecule has 5 nitrogen and oxygen atoms in total. The van der Waals surface area contributed by atoms with Crippen LogP contribution in [0.1, 0.15) is 37.9 Å². The van der Waals surface area contributed by atoms with Crippen molar-refractivity contribution in [2.45, 2.75) is 38.5 Å². The minimum absolute atomic E-state index is 0.447. The van der Waals surface area contributed by atoms with Crippen LogP contribution in [-0.2, 0) is 14.8 Å². The number of sulfonamides is 1. The van der Waals surface area contributed by atoms with E-state index in [1.807, 2.05) is 0 Å². The minimum atomic E-state index is -3.74. The van der Waals surface area contributed by atoms with Gasteiger partial charge in [-0.25, -0.2) is 8.42 Å². The highest BCUT2D eigenvalue weighted by molar-refractivity contribution is 7.90. The summed E-state index contributed by atoms with van der Waals surface area (Å²) in [6.45, 7) is 6.31. The smallest absolute Gasteiger partial charge is 0.326 e. The zero-order chi connectivity index (χ0) is 14.8. The maximum Gasteiger partial charge on any atom is 0.326 e. The van der Waals surface area contributed by atoms with Crippen molar-refractivity contribution in [2.24, 2.45) is 0 Å². The topological polar surface area (TPSA) is 83.5 Å². The second-order valence-corrected chi connectivity index (χ2v) is 7.83. The molecule has 0 aliphatic heterocycles. The van der Waals surface area contributed by atoms with Gasteiger partial charge in [0, 0.05) is 0 Å². The maximum atomic E-state index is 12.1. The summed E-state index contributed by atoms with van der Waals surface area (Å²) in [5.74, 6) is -1.22. The zero-order valence-corrected chi connectivity index (χ0v) is 12.3. The lowest BCUT2D eigenvalue weighted by Crippen LogP contribution is -2.43. The second-order valence-electron chi connectivity index (χ2n) is 5.36. The lowest BCUT2D eigenvalue weighted by molar-refractivity contribution is -0.139. The predicted octanol–water partition coefficient (Wildman–Crippen LogP) is 1.84. The lowest BCUT2D eigenvalue weighted by Gasteiger charge is -2.24. The molecule has 0 heterocycles. The second kappa shape index (κ2) is 5.30. The van der Waals surface area contributed by atoms with Gasteiger partial charge in [-0.05, 0) is 38.8 Å². The van der Waals surface area contributed by atoms with Gasteiger partial charge in [0.05, 0.1) is 4.75 Å². The molecule has 0 aromatic heterocycles. The number of hydrogen-bond acceptors (Lipinski definition) is 3. The van der Waals surface area contributed by atoms with Gasteiger partial charge >= 0.3 is 5.97 Å². The molecular formula is C13H19NO4S.